The summed E-state index contributed by atoms with van der Waals surface area (Å²) in [7, 11) is 1.59. The van der Waals surface area contributed by atoms with Crippen LogP contribution in [0.15, 0.2) is 60.7 Å². The Hall–Kier alpha value is -3.78. The second kappa shape index (κ2) is 12.5. The molecule has 1 aliphatic carbocycles. The molecule has 37 heavy (non-hydrogen) atoms. The van der Waals surface area contributed by atoms with Crippen LogP contribution in [0.5, 0.6) is 11.5 Å². The first-order chi connectivity index (χ1) is 18.0. The van der Waals surface area contributed by atoms with Gasteiger partial charge in [0.15, 0.2) is 0 Å². The maximum atomic E-state index is 14.4. The molecule has 0 spiro atoms. The van der Waals surface area contributed by atoms with E-state index in [-0.39, 0.29) is 18.2 Å². The first-order valence-electron chi connectivity index (χ1n) is 12.8. The fourth-order valence-electron chi connectivity index (χ4n) is 5.11. The molecular weight excluding hydrogens is 467 g/mol. The van der Waals surface area contributed by atoms with Crippen molar-refractivity contribution in [2.45, 2.75) is 57.3 Å². The molecule has 4 rings (SSSR count). The smallest absolute Gasteiger partial charge is 0.304 e. The highest BCUT2D eigenvalue weighted by atomic mass is 19.1. The lowest BCUT2D eigenvalue weighted by atomic mass is 9.93. The van der Waals surface area contributed by atoms with Crippen molar-refractivity contribution in [3.8, 4) is 34.5 Å². The van der Waals surface area contributed by atoms with Gasteiger partial charge < -0.3 is 14.6 Å². The maximum absolute atomic E-state index is 14.4. The van der Waals surface area contributed by atoms with Crippen LogP contribution in [0.2, 0.25) is 0 Å². The van der Waals surface area contributed by atoms with E-state index in [0.29, 0.717) is 23.8 Å². The molecule has 0 amide bonds. The van der Waals surface area contributed by atoms with E-state index in [1.54, 1.807) is 26.2 Å². The number of hydrogen-bond donors (Lipinski definition) is 1. The minimum Gasteiger partial charge on any atom is -0.497 e. The summed E-state index contributed by atoms with van der Waals surface area (Å²) in [4.78, 5) is 11.1. The number of benzene rings is 3. The molecule has 0 radical (unpaired) electrons. The van der Waals surface area contributed by atoms with Crippen LogP contribution in [0.4, 0.5) is 4.39 Å². The summed E-state index contributed by atoms with van der Waals surface area (Å²) >= 11 is 0. The zero-order valence-corrected chi connectivity index (χ0v) is 21.4. The van der Waals surface area contributed by atoms with E-state index in [2.05, 4.69) is 24.0 Å². The van der Waals surface area contributed by atoms with E-state index in [4.69, 9.17) is 14.6 Å². The van der Waals surface area contributed by atoms with Gasteiger partial charge in [-0.05, 0) is 97.5 Å². The minimum absolute atomic E-state index is 0.00938. The van der Waals surface area contributed by atoms with Gasteiger partial charge in [-0.2, -0.15) is 0 Å². The molecular formula is C32H33FO4. The molecule has 192 valence electrons. The number of aliphatic carboxylic acids is 1. The van der Waals surface area contributed by atoms with Crippen molar-refractivity contribution in [3.63, 3.8) is 0 Å². The normalized spacial score (nSPS) is 14.8. The van der Waals surface area contributed by atoms with Crippen molar-refractivity contribution in [2.75, 3.05) is 13.7 Å². The average molecular weight is 501 g/mol. The molecule has 3 aromatic carbocycles. The number of hydrogen-bond acceptors (Lipinski definition) is 3. The summed E-state index contributed by atoms with van der Waals surface area (Å²) in [6.07, 6.45) is 5.28. The number of fused-ring (bicyclic) bond motifs is 1. The lowest BCUT2D eigenvalue weighted by molar-refractivity contribution is -0.137. The first-order valence-corrected chi connectivity index (χ1v) is 12.8. The lowest BCUT2D eigenvalue weighted by Crippen LogP contribution is -2.05. The molecule has 0 heterocycles. The van der Waals surface area contributed by atoms with E-state index >= 15 is 0 Å². The molecule has 4 nitrogen and oxygen atoms in total. The highest BCUT2D eigenvalue weighted by Gasteiger charge is 2.23. The predicted molar refractivity (Wildman–Crippen MR) is 144 cm³/mol. The van der Waals surface area contributed by atoms with Crippen LogP contribution in [0.1, 0.15) is 67.6 Å². The average Bonchev–Trinajstić information content (AvgIpc) is 3.31. The van der Waals surface area contributed by atoms with Crippen molar-refractivity contribution in [1.29, 1.82) is 0 Å². The fraction of sp³-hybridized carbons (Fsp3) is 0.344. The summed E-state index contributed by atoms with van der Waals surface area (Å²) in [6.45, 7) is 2.36. The van der Waals surface area contributed by atoms with Crippen LogP contribution in [-0.4, -0.2) is 24.8 Å². The van der Waals surface area contributed by atoms with E-state index in [1.165, 1.54) is 17.2 Å². The third-order valence-electron chi connectivity index (χ3n) is 7.02. The van der Waals surface area contributed by atoms with Crippen molar-refractivity contribution in [1.82, 2.24) is 0 Å². The Bertz CT molecular complexity index is 1290. The quantitative estimate of drug-likeness (QED) is 0.221. The number of carbonyl (C=O) groups is 1. The van der Waals surface area contributed by atoms with Gasteiger partial charge in [0.1, 0.15) is 17.3 Å². The second-order valence-electron chi connectivity index (χ2n) is 9.45. The van der Waals surface area contributed by atoms with Crippen LogP contribution < -0.4 is 9.47 Å². The third kappa shape index (κ3) is 6.71. The molecule has 5 heteroatoms. The van der Waals surface area contributed by atoms with Gasteiger partial charge in [0.25, 0.3) is 0 Å². The van der Waals surface area contributed by atoms with Gasteiger partial charge in [-0.25, -0.2) is 4.39 Å². The van der Waals surface area contributed by atoms with Gasteiger partial charge in [-0.3, -0.25) is 4.79 Å². The molecule has 3 aromatic rings. The number of ether oxygens (including phenoxy) is 2. The summed E-state index contributed by atoms with van der Waals surface area (Å²) < 4.78 is 25.6. The molecule has 1 aliphatic rings. The lowest BCUT2D eigenvalue weighted by Gasteiger charge is -2.14. The van der Waals surface area contributed by atoms with Gasteiger partial charge in [0, 0.05) is 5.56 Å². The number of aryl methyl sites for hydroxylation is 1. The highest BCUT2D eigenvalue weighted by Crippen LogP contribution is 2.39. The number of carboxylic acid groups (broad SMARTS) is 1. The van der Waals surface area contributed by atoms with Gasteiger partial charge >= 0.3 is 5.97 Å². The molecule has 1 N–H and O–H groups in total. The van der Waals surface area contributed by atoms with E-state index in [1.807, 2.05) is 30.3 Å². The van der Waals surface area contributed by atoms with Gasteiger partial charge in [0.05, 0.1) is 26.1 Å². The standard InChI is InChI=1S/C32H33FO4/c1-3-6-24(20-32(34)35)22-10-13-27(14-11-22)37-18-5-4-7-23-8-9-25-19-26(12-16-29(23)25)30-21-28(36-2)15-17-31(30)33/h10-17,19,21,23-24H,4-5,7-9,18,20H2,1-2H3,(H,34,35)/t23?,24-/m0/s1. The zero-order valence-electron chi connectivity index (χ0n) is 21.4. The Kier molecular flexibility index (Phi) is 8.85. The maximum Gasteiger partial charge on any atom is 0.304 e. The van der Waals surface area contributed by atoms with Crippen molar-refractivity contribution >= 4 is 5.97 Å². The van der Waals surface area contributed by atoms with E-state index in [9.17, 15) is 9.18 Å². The molecule has 0 saturated heterocycles. The zero-order chi connectivity index (χ0) is 26.2. The Morgan fingerprint density at radius 2 is 1.86 bits per heavy atom. The van der Waals surface area contributed by atoms with E-state index in [0.717, 1.165) is 49.0 Å². The van der Waals surface area contributed by atoms with Crippen molar-refractivity contribution in [3.05, 3.63) is 83.2 Å². The summed E-state index contributed by atoms with van der Waals surface area (Å²) in [6, 6.07) is 18.7. The Morgan fingerprint density at radius 1 is 1.08 bits per heavy atom. The number of halogens is 1. The SMILES string of the molecule is CC#C[C@@H](CC(=O)O)c1ccc(OCCCCC2CCc3cc(-c4cc(OC)ccc4F)ccc32)cc1. The van der Waals surface area contributed by atoms with Gasteiger partial charge in [0.2, 0.25) is 0 Å². The summed E-state index contributed by atoms with van der Waals surface area (Å²) in [5.74, 6) is 6.35. The molecule has 0 bridgehead atoms. The van der Waals surface area contributed by atoms with E-state index < -0.39 is 5.97 Å². The molecule has 0 fully saturated rings. The summed E-state index contributed by atoms with van der Waals surface area (Å²) in [5.41, 5.74) is 5.06. The number of methoxy groups -OCH3 is 1. The number of rotatable bonds is 11. The van der Waals surface area contributed by atoms with Crippen LogP contribution in [0.25, 0.3) is 11.1 Å². The Labute approximate surface area is 218 Å². The minimum atomic E-state index is -0.857. The fourth-order valence-corrected chi connectivity index (χ4v) is 5.11. The Morgan fingerprint density at radius 3 is 2.59 bits per heavy atom. The van der Waals surface area contributed by atoms with Crippen molar-refractivity contribution in [2.24, 2.45) is 0 Å². The van der Waals surface area contributed by atoms with Gasteiger partial charge in [-0.15, -0.1) is 5.92 Å². The van der Waals surface area contributed by atoms with Crippen LogP contribution in [0, 0.1) is 17.7 Å². The Balaban J connectivity index is 1.26. The van der Waals surface area contributed by atoms with Crippen LogP contribution >= 0.6 is 0 Å². The second-order valence-corrected chi connectivity index (χ2v) is 9.45. The third-order valence-corrected chi connectivity index (χ3v) is 7.02. The predicted octanol–water partition coefficient (Wildman–Crippen LogP) is 7.36. The monoisotopic (exact) mass is 500 g/mol. The van der Waals surface area contributed by atoms with Crippen molar-refractivity contribution < 1.29 is 23.8 Å². The highest BCUT2D eigenvalue weighted by molar-refractivity contribution is 5.69. The largest absolute Gasteiger partial charge is 0.497 e. The number of unbranched alkanes of at least 4 members (excludes halogenated alkanes) is 1. The molecule has 2 atom stereocenters. The molecule has 0 aromatic heterocycles. The molecule has 1 unspecified atom stereocenters. The molecule has 0 aliphatic heterocycles. The summed E-state index contributed by atoms with van der Waals surface area (Å²) in [5, 5.41) is 9.10. The first kappa shape index (κ1) is 26.3. The van der Waals surface area contributed by atoms with Crippen LogP contribution in [0.3, 0.4) is 0 Å². The van der Waals surface area contributed by atoms with Crippen LogP contribution in [-0.2, 0) is 11.2 Å². The topological polar surface area (TPSA) is 55.8 Å². The molecule has 0 saturated carbocycles. The van der Waals surface area contributed by atoms with Gasteiger partial charge in [-0.1, -0.05) is 36.3 Å². The number of carboxylic acids is 1.